The van der Waals surface area contributed by atoms with Crippen LogP contribution in [0.1, 0.15) is 16.8 Å². The molecule has 0 spiro atoms. The molecule has 1 heterocycles. The lowest BCUT2D eigenvalue weighted by Crippen LogP contribution is -2.14. The summed E-state index contributed by atoms with van der Waals surface area (Å²) in [5.74, 6) is -0.0947. The summed E-state index contributed by atoms with van der Waals surface area (Å²) in [6, 6.07) is 4.80. The number of anilines is 1. The summed E-state index contributed by atoms with van der Waals surface area (Å²) < 4.78 is 7.52. The highest BCUT2D eigenvalue weighted by atomic mass is 16.5. The quantitative estimate of drug-likeness (QED) is 0.599. The second-order valence-electron chi connectivity index (χ2n) is 4.12. The molecule has 0 aliphatic rings. The van der Waals surface area contributed by atoms with Gasteiger partial charge in [-0.05, 0) is 18.6 Å². The Morgan fingerprint density at radius 2 is 2.26 bits per heavy atom. The van der Waals surface area contributed by atoms with E-state index in [9.17, 15) is 4.79 Å². The van der Waals surface area contributed by atoms with E-state index in [-0.39, 0.29) is 0 Å². The molecule has 0 aliphatic heterocycles. The highest BCUT2D eigenvalue weighted by Crippen LogP contribution is 2.21. The zero-order valence-corrected chi connectivity index (χ0v) is 10.5. The Labute approximate surface area is 111 Å². The second kappa shape index (κ2) is 5.90. The average Bonchev–Trinajstić information content (AvgIpc) is 2.87. The van der Waals surface area contributed by atoms with E-state index < -0.39 is 5.91 Å². The summed E-state index contributed by atoms with van der Waals surface area (Å²) in [6.45, 7) is 1.27. The zero-order chi connectivity index (χ0) is 13.7. The van der Waals surface area contributed by atoms with Crippen molar-refractivity contribution in [3.05, 3.63) is 42.5 Å². The van der Waals surface area contributed by atoms with Gasteiger partial charge in [0.15, 0.2) is 0 Å². The highest BCUT2D eigenvalue weighted by Gasteiger charge is 2.09. The molecule has 0 saturated heterocycles. The number of ether oxygens (including phenoxy) is 1. The third kappa shape index (κ3) is 3.48. The number of nitrogen functional groups attached to an aromatic ring is 1. The maximum absolute atomic E-state index is 11.2. The third-order valence-electron chi connectivity index (χ3n) is 2.65. The number of imidazole rings is 1. The minimum Gasteiger partial charge on any atom is -0.493 e. The Morgan fingerprint density at radius 3 is 2.95 bits per heavy atom. The number of hydrogen-bond acceptors (Lipinski definition) is 4. The van der Waals surface area contributed by atoms with Crippen LogP contribution in [0.25, 0.3) is 0 Å². The molecule has 0 unspecified atom stereocenters. The second-order valence-corrected chi connectivity index (χ2v) is 4.12. The molecular formula is C13H16N4O2. The van der Waals surface area contributed by atoms with E-state index in [0.717, 1.165) is 13.0 Å². The normalized spacial score (nSPS) is 10.3. The molecule has 0 aliphatic carbocycles. The lowest BCUT2D eigenvalue weighted by atomic mass is 10.1. The average molecular weight is 260 g/mol. The van der Waals surface area contributed by atoms with Gasteiger partial charge in [0.25, 0.3) is 5.91 Å². The van der Waals surface area contributed by atoms with Gasteiger partial charge >= 0.3 is 0 Å². The maximum Gasteiger partial charge on any atom is 0.252 e. The van der Waals surface area contributed by atoms with Crippen LogP contribution in [-0.4, -0.2) is 22.1 Å². The van der Waals surface area contributed by atoms with Crippen LogP contribution in [0.15, 0.2) is 36.9 Å². The SMILES string of the molecule is NC(=O)c1ccc(N)cc1OCCCn1ccnc1. The summed E-state index contributed by atoms with van der Waals surface area (Å²) in [5.41, 5.74) is 11.8. The Bertz CT molecular complexity index is 552. The van der Waals surface area contributed by atoms with Crippen LogP contribution in [0.4, 0.5) is 5.69 Å². The van der Waals surface area contributed by atoms with E-state index in [2.05, 4.69) is 4.98 Å². The molecule has 6 heteroatoms. The van der Waals surface area contributed by atoms with Crippen LogP contribution in [0.3, 0.4) is 0 Å². The molecule has 1 amide bonds. The number of hydrogen-bond donors (Lipinski definition) is 2. The van der Waals surface area contributed by atoms with Crippen molar-refractivity contribution in [3.63, 3.8) is 0 Å². The minimum atomic E-state index is -0.524. The fourth-order valence-electron chi connectivity index (χ4n) is 1.71. The van der Waals surface area contributed by atoms with E-state index >= 15 is 0 Å². The van der Waals surface area contributed by atoms with Gasteiger partial charge in [0.05, 0.1) is 18.5 Å². The number of rotatable bonds is 6. The standard InChI is InChI=1S/C13H16N4O2/c14-10-2-3-11(13(15)18)12(8-10)19-7-1-5-17-6-4-16-9-17/h2-4,6,8-9H,1,5,7,14H2,(H2,15,18). The summed E-state index contributed by atoms with van der Waals surface area (Å²) in [6.07, 6.45) is 6.15. The van der Waals surface area contributed by atoms with E-state index in [1.54, 1.807) is 30.7 Å². The van der Waals surface area contributed by atoms with Crippen molar-refractivity contribution in [1.29, 1.82) is 0 Å². The smallest absolute Gasteiger partial charge is 0.252 e. The minimum absolute atomic E-state index is 0.344. The number of carbonyl (C=O) groups excluding carboxylic acids is 1. The monoisotopic (exact) mass is 260 g/mol. The molecular weight excluding hydrogens is 244 g/mol. The molecule has 0 atom stereocenters. The van der Waals surface area contributed by atoms with Crippen LogP contribution < -0.4 is 16.2 Å². The van der Waals surface area contributed by atoms with Gasteiger partial charge in [0.2, 0.25) is 0 Å². The Morgan fingerprint density at radius 1 is 1.42 bits per heavy atom. The van der Waals surface area contributed by atoms with Crippen molar-refractivity contribution in [1.82, 2.24) is 9.55 Å². The summed E-state index contributed by atoms with van der Waals surface area (Å²) in [5, 5.41) is 0. The van der Waals surface area contributed by atoms with Crippen molar-refractivity contribution >= 4 is 11.6 Å². The third-order valence-corrected chi connectivity index (χ3v) is 2.65. The first-order valence-corrected chi connectivity index (χ1v) is 5.94. The number of carbonyl (C=O) groups is 1. The number of benzene rings is 1. The summed E-state index contributed by atoms with van der Waals surface area (Å²) in [7, 11) is 0. The molecule has 4 N–H and O–H groups in total. The molecule has 1 aromatic carbocycles. The Hall–Kier alpha value is -2.50. The van der Waals surface area contributed by atoms with Crippen LogP contribution in [-0.2, 0) is 6.54 Å². The Balaban J connectivity index is 1.91. The van der Waals surface area contributed by atoms with E-state index in [4.69, 9.17) is 16.2 Å². The van der Waals surface area contributed by atoms with E-state index in [1.807, 2.05) is 10.8 Å². The number of nitrogens with two attached hydrogens (primary N) is 2. The van der Waals surface area contributed by atoms with Crippen LogP contribution in [0.2, 0.25) is 0 Å². The van der Waals surface area contributed by atoms with Crippen molar-refractivity contribution in [2.75, 3.05) is 12.3 Å². The lowest BCUT2D eigenvalue weighted by Gasteiger charge is -2.10. The molecule has 19 heavy (non-hydrogen) atoms. The fourth-order valence-corrected chi connectivity index (χ4v) is 1.71. The fraction of sp³-hybridized carbons (Fsp3) is 0.231. The maximum atomic E-state index is 11.2. The highest BCUT2D eigenvalue weighted by molar-refractivity contribution is 5.96. The number of primary amides is 1. The number of aryl methyl sites for hydroxylation is 1. The predicted octanol–water partition coefficient (Wildman–Crippen LogP) is 1.03. The van der Waals surface area contributed by atoms with E-state index in [1.165, 1.54) is 0 Å². The van der Waals surface area contributed by atoms with Gasteiger partial charge in [-0.3, -0.25) is 4.79 Å². The summed E-state index contributed by atoms with van der Waals surface area (Å²) >= 11 is 0. The number of nitrogens with zero attached hydrogens (tertiary/aromatic N) is 2. The first kappa shape index (κ1) is 12.9. The van der Waals surface area contributed by atoms with Crippen molar-refractivity contribution < 1.29 is 9.53 Å². The molecule has 6 nitrogen and oxygen atoms in total. The van der Waals surface area contributed by atoms with Crippen molar-refractivity contribution in [2.45, 2.75) is 13.0 Å². The van der Waals surface area contributed by atoms with Gasteiger partial charge in [0.1, 0.15) is 5.75 Å². The van der Waals surface area contributed by atoms with Gasteiger partial charge < -0.3 is 20.8 Å². The molecule has 1 aromatic heterocycles. The molecule has 0 fully saturated rings. The first-order valence-electron chi connectivity index (χ1n) is 5.94. The van der Waals surface area contributed by atoms with Crippen molar-refractivity contribution in [3.8, 4) is 5.75 Å². The molecule has 0 saturated carbocycles. The van der Waals surface area contributed by atoms with Crippen molar-refractivity contribution in [2.24, 2.45) is 5.73 Å². The number of amides is 1. The zero-order valence-electron chi connectivity index (χ0n) is 10.5. The lowest BCUT2D eigenvalue weighted by molar-refractivity contribution is 0.0996. The Kier molecular flexibility index (Phi) is 4.02. The topological polar surface area (TPSA) is 96.2 Å². The van der Waals surface area contributed by atoms with Crippen LogP contribution in [0, 0.1) is 0 Å². The van der Waals surface area contributed by atoms with Gasteiger partial charge in [-0.2, -0.15) is 0 Å². The number of aromatic nitrogens is 2. The molecule has 2 aromatic rings. The van der Waals surface area contributed by atoms with Crippen LogP contribution in [0.5, 0.6) is 5.75 Å². The largest absolute Gasteiger partial charge is 0.493 e. The molecule has 0 bridgehead atoms. The van der Waals surface area contributed by atoms with Gasteiger partial charge in [-0.1, -0.05) is 0 Å². The van der Waals surface area contributed by atoms with Crippen LogP contribution >= 0.6 is 0 Å². The van der Waals surface area contributed by atoms with Gasteiger partial charge in [-0.25, -0.2) is 4.98 Å². The molecule has 100 valence electrons. The van der Waals surface area contributed by atoms with Gasteiger partial charge in [0, 0.05) is 30.7 Å². The predicted molar refractivity (Wildman–Crippen MR) is 71.7 cm³/mol. The van der Waals surface area contributed by atoms with E-state index in [0.29, 0.717) is 23.6 Å². The molecule has 2 rings (SSSR count). The first-order chi connectivity index (χ1) is 9.16. The summed E-state index contributed by atoms with van der Waals surface area (Å²) in [4.78, 5) is 15.2. The molecule has 0 radical (unpaired) electrons. The van der Waals surface area contributed by atoms with Gasteiger partial charge in [-0.15, -0.1) is 0 Å².